The molecule has 0 spiro atoms. The monoisotopic (exact) mass is 566 g/mol. The molecule has 7 amide bonds. The number of amides is 7. The predicted molar refractivity (Wildman–Crippen MR) is 146 cm³/mol. The minimum Gasteiger partial charge on any atom is -0.351 e. The third-order valence-electron chi connectivity index (χ3n) is 6.37. The Hall–Kier alpha value is -4.71. The first-order valence-electron chi connectivity index (χ1n) is 12.3. The van der Waals surface area contributed by atoms with Gasteiger partial charge >= 0.3 is 6.03 Å². The van der Waals surface area contributed by atoms with Gasteiger partial charge in [0.15, 0.2) is 0 Å². The van der Waals surface area contributed by atoms with Crippen molar-refractivity contribution >= 4 is 58.5 Å². The summed E-state index contributed by atoms with van der Waals surface area (Å²) in [4.78, 5) is 77.2. The second kappa shape index (κ2) is 11.6. The highest BCUT2D eigenvalue weighted by atomic mass is 35.5. The van der Waals surface area contributed by atoms with Gasteiger partial charge in [-0.1, -0.05) is 29.8 Å². The quantitative estimate of drug-likeness (QED) is 0.374. The van der Waals surface area contributed by atoms with Crippen molar-refractivity contribution in [1.29, 1.82) is 0 Å². The fourth-order valence-corrected chi connectivity index (χ4v) is 4.44. The molecule has 13 heteroatoms. The molecule has 2 aromatic rings. The summed E-state index contributed by atoms with van der Waals surface area (Å²) < 4.78 is 0. The molecule has 2 atom stereocenters. The van der Waals surface area contributed by atoms with Crippen LogP contribution in [0, 0.1) is 6.92 Å². The van der Waals surface area contributed by atoms with Gasteiger partial charge in [0.25, 0.3) is 11.8 Å². The van der Waals surface area contributed by atoms with Crippen LogP contribution in [0.15, 0.2) is 54.2 Å². The summed E-state index contributed by atoms with van der Waals surface area (Å²) in [7, 11) is 3.10. The summed E-state index contributed by atoms with van der Waals surface area (Å²) in [6.07, 6.45) is 1.12. The number of likely N-dealkylation sites (N-methyl/N-ethyl adjacent to an activating group) is 1. The Kier molecular flexibility index (Phi) is 8.19. The molecule has 2 aliphatic heterocycles. The summed E-state index contributed by atoms with van der Waals surface area (Å²) >= 11 is 6.14. The van der Waals surface area contributed by atoms with Crippen molar-refractivity contribution in [3.8, 4) is 0 Å². The minimum absolute atomic E-state index is 0.0110. The highest BCUT2D eigenvalue weighted by Crippen LogP contribution is 2.25. The fourth-order valence-electron chi connectivity index (χ4n) is 4.26. The molecular weight excluding hydrogens is 540 g/mol. The maximum absolute atomic E-state index is 13.0. The van der Waals surface area contributed by atoms with Crippen LogP contribution in [0.4, 0.5) is 16.2 Å². The molecule has 1 fully saturated rings. The summed E-state index contributed by atoms with van der Waals surface area (Å²) in [5.74, 6) is -3.00. The number of nitrogens with one attached hydrogen (secondary N) is 4. The molecule has 2 aliphatic rings. The zero-order chi connectivity index (χ0) is 29.1. The largest absolute Gasteiger partial charge is 0.351 e. The van der Waals surface area contributed by atoms with Gasteiger partial charge < -0.3 is 20.9 Å². The average Bonchev–Trinajstić information content (AvgIpc) is 3.16. The van der Waals surface area contributed by atoms with Gasteiger partial charge in [-0.3, -0.25) is 34.2 Å². The lowest BCUT2D eigenvalue weighted by Gasteiger charge is -2.28. The van der Waals surface area contributed by atoms with E-state index in [-0.39, 0.29) is 18.5 Å². The number of rotatable bonds is 7. The van der Waals surface area contributed by atoms with Crippen LogP contribution < -0.4 is 21.3 Å². The topological polar surface area (TPSA) is 157 Å². The van der Waals surface area contributed by atoms with E-state index < -0.39 is 47.7 Å². The van der Waals surface area contributed by atoms with Crippen molar-refractivity contribution in [2.75, 3.05) is 24.7 Å². The molecule has 40 heavy (non-hydrogen) atoms. The molecule has 0 bridgehead atoms. The van der Waals surface area contributed by atoms with Gasteiger partial charge in [-0.25, -0.2) is 4.79 Å². The standard InChI is InChI=1S/C27H27ClN6O6/c1-14-7-8-17(12-18(14)28)30-27(40)32-23(26(39)33(2)3)15-5-4-6-16(11-15)29-19-13-22(36)34(25(19)38)20-9-10-21(35)31-24(20)37/h4-8,11-13,20,23,29H,9-10H2,1-3H3,(H2,30,32,40)(H,31,35,37). The van der Waals surface area contributed by atoms with E-state index in [9.17, 15) is 28.8 Å². The Labute approximate surface area is 234 Å². The van der Waals surface area contributed by atoms with Gasteiger partial charge in [-0.05, 0) is 48.7 Å². The third kappa shape index (κ3) is 6.12. The molecule has 208 valence electrons. The number of carbonyl (C=O) groups excluding carboxylic acids is 6. The van der Waals surface area contributed by atoms with Gasteiger partial charge in [-0.2, -0.15) is 0 Å². The van der Waals surface area contributed by atoms with E-state index in [1.807, 2.05) is 6.92 Å². The van der Waals surface area contributed by atoms with Crippen LogP contribution in [0.3, 0.4) is 0 Å². The Morgan fingerprint density at radius 3 is 2.50 bits per heavy atom. The minimum atomic E-state index is -1.09. The lowest BCUT2D eigenvalue weighted by Crippen LogP contribution is -2.54. The van der Waals surface area contributed by atoms with Gasteiger partial charge in [0.05, 0.1) is 0 Å². The maximum Gasteiger partial charge on any atom is 0.320 e. The Morgan fingerprint density at radius 2 is 1.82 bits per heavy atom. The molecule has 0 radical (unpaired) electrons. The number of nitrogens with zero attached hydrogens (tertiary/aromatic N) is 2. The molecule has 2 heterocycles. The molecule has 0 saturated carbocycles. The van der Waals surface area contributed by atoms with Crippen LogP contribution in [-0.2, 0) is 24.0 Å². The van der Waals surface area contributed by atoms with Gasteiger partial charge in [0.2, 0.25) is 17.7 Å². The van der Waals surface area contributed by atoms with E-state index in [0.29, 0.717) is 22.0 Å². The van der Waals surface area contributed by atoms with Crippen molar-refractivity contribution in [2.24, 2.45) is 0 Å². The summed E-state index contributed by atoms with van der Waals surface area (Å²) in [6.45, 7) is 1.83. The van der Waals surface area contributed by atoms with Gasteiger partial charge in [0, 0.05) is 43.0 Å². The summed E-state index contributed by atoms with van der Waals surface area (Å²) in [5, 5.41) is 10.8. The maximum atomic E-state index is 13.0. The molecule has 0 aliphatic carbocycles. The molecule has 4 N–H and O–H groups in total. The van der Waals surface area contributed by atoms with E-state index in [1.54, 1.807) is 56.6 Å². The van der Waals surface area contributed by atoms with E-state index in [1.165, 1.54) is 4.90 Å². The van der Waals surface area contributed by atoms with Crippen molar-refractivity contribution in [1.82, 2.24) is 20.4 Å². The van der Waals surface area contributed by atoms with E-state index in [0.717, 1.165) is 16.5 Å². The molecule has 4 rings (SSSR count). The number of aryl methyl sites for hydroxylation is 1. The van der Waals surface area contributed by atoms with E-state index >= 15 is 0 Å². The SMILES string of the molecule is Cc1ccc(NC(=O)NC(C(=O)N(C)C)c2cccc(NC3=CC(=O)N(C4CCC(=O)NC4=O)C3=O)c2)cc1Cl. The predicted octanol–water partition coefficient (Wildman–Crippen LogP) is 2.07. The highest BCUT2D eigenvalue weighted by Gasteiger charge is 2.42. The fraction of sp³-hybridized carbons (Fsp3) is 0.259. The number of hydrogen-bond acceptors (Lipinski definition) is 7. The number of imide groups is 2. The summed E-state index contributed by atoms with van der Waals surface area (Å²) in [5.41, 5.74) is 1.97. The Balaban J connectivity index is 1.51. The molecule has 1 saturated heterocycles. The van der Waals surface area contributed by atoms with Crippen LogP contribution in [-0.4, -0.2) is 65.5 Å². The number of anilines is 2. The van der Waals surface area contributed by atoms with Crippen molar-refractivity contribution < 1.29 is 28.8 Å². The third-order valence-corrected chi connectivity index (χ3v) is 6.78. The first-order chi connectivity index (χ1) is 18.9. The van der Waals surface area contributed by atoms with Crippen molar-refractivity contribution in [2.45, 2.75) is 31.8 Å². The van der Waals surface area contributed by atoms with Crippen molar-refractivity contribution in [3.05, 3.63) is 70.4 Å². The number of halogens is 1. The van der Waals surface area contributed by atoms with Crippen LogP contribution in [0.1, 0.15) is 30.0 Å². The molecule has 12 nitrogen and oxygen atoms in total. The van der Waals surface area contributed by atoms with Crippen LogP contribution in [0.5, 0.6) is 0 Å². The summed E-state index contributed by atoms with van der Waals surface area (Å²) in [6, 6.07) is 8.62. The van der Waals surface area contributed by atoms with Crippen LogP contribution >= 0.6 is 11.6 Å². The first-order valence-corrected chi connectivity index (χ1v) is 12.7. The van der Waals surface area contributed by atoms with Crippen LogP contribution in [0.2, 0.25) is 5.02 Å². The second-order valence-corrected chi connectivity index (χ2v) is 9.92. The number of urea groups is 1. The lowest BCUT2D eigenvalue weighted by molar-refractivity contribution is -0.149. The van der Waals surface area contributed by atoms with E-state index in [4.69, 9.17) is 11.6 Å². The molecule has 2 unspecified atom stereocenters. The Morgan fingerprint density at radius 1 is 1.07 bits per heavy atom. The molecule has 2 aromatic carbocycles. The number of carbonyl (C=O) groups is 6. The smallest absolute Gasteiger partial charge is 0.320 e. The molecular formula is C27H27ClN6O6. The number of piperidine rings is 1. The Bertz CT molecular complexity index is 1450. The normalized spacial score (nSPS) is 17.6. The lowest BCUT2D eigenvalue weighted by atomic mass is 10.0. The first kappa shape index (κ1) is 28.3. The molecule has 0 aromatic heterocycles. The van der Waals surface area contributed by atoms with Gasteiger partial charge in [0.1, 0.15) is 17.8 Å². The number of benzene rings is 2. The van der Waals surface area contributed by atoms with Gasteiger partial charge in [-0.15, -0.1) is 0 Å². The highest BCUT2D eigenvalue weighted by molar-refractivity contribution is 6.31. The van der Waals surface area contributed by atoms with Crippen LogP contribution in [0.25, 0.3) is 0 Å². The number of hydrogen-bond donors (Lipinski definition) is 4. The van der Waals surface area contributed by atoms with E-state index in [2.05, 4.69) is 21.3 Å². The van der Waals surface area contributed by atoms with Crippen molar-refractivity contribution in [3.63, 3.8) is 0 Å². The zero-order valence-corrected chi connectivity index (χ0v) is 22.7. The average molecular weight is 567 g/mol. The second-order valence-electron chi connectivity index (χ2n) is 9.52. The zero-order valence-electron chi connectivity index (χ0n) is 21.9.